The van der Waals surface area contributed by atoms with Gasteiger partial charge in [0.05, 0.1) is 5.75 Å². The number of likely N-dealkylation sites (tertiary alicyclic amines) is 2. The normalized spacial score (nSPS) is 21.4. The minimum absolute atomic E-state index is 0.255. The predicted molar refractivity (Wildman–Crippen MR) is 80.8 cm³/mol. The second-order valence-corrected chi connectivity index (χ2v) is 6.92. The van der Waals surface area contributed by atoms with Gasteiger partial charge in [-0.2, -0.15) is 0 Å². The lowest BCUT2D eigenvalue weighted by Crippen LogP contribution is -2.36. The predicted octanol–water partition coefficient (Wildman–Crippen LogP) is 2.36. The van der Waals surface area contributed by atoms with E-state index < -0.39 is 0 Å². The molecule has 2 aliphatic rings. The zero-order chi connectivity index (χ0) is 13.0. The Hall–Kier alpha value is -0.290. The Morgan fingerprint density at radius 3 is 2.39 bits per heavy atom. The van der Waals surface area contributed by atoms with Crippen LogP contribution in [0.25, 0.3) is 0 Å². The number of amides is 1. The van der Waals surface area contributed by atoms with E-state index in [-0.39, 0.29) is 5.91 Å². The van der Waals surface area contributed by atoms with Gasteiger partial charge in [0.25, 0.3) is 0 Å². The maximum absolute atomic E-state index is 11.9. The van der Waals surface area contributed by atoms with Crippen LogP contribution in [0.15, 0.2) is 0 Å². The highest BCUT2D eigenvalue weighted by atomic mass is 32.2. The average Bonchev–Trinajstić information content (AvgIpc) is 2.90. The van der Waals surface area contributed by atoms with Gasteiger partial charge in [-0.3, -0.25) is 4.79 Å². The Balaban J connectivity index is 1.69. The summed E-state index contributed by atoms with van der Waals surface area (Å²) < 4.78 is 0.912. The Labute approximate surface area is 119 Å². The molecule has 0 atom stereocenters. The van der Waals surface area contributed by atoms with E-state index in [0.29, 0.717) is 5.75 Å². The minimum atomic E-state index is 0.255. The SMILES string of the molecule is CC1CCN(C(=S)SCC(=O)N2CCCC2)CC1. The van der Waals surface area contributed by atoms with Crippen molar-refractivity contribution in [2.45, 2.75) is 32.6 Å². The molecule has 0 unspecified atom stereocenters. The van der Waals surface area contributed by atoms with Gasteiger partial charge in [-0.15, -0.1) is 0 Å². The van der Waals surface area contributed by atoms with Gasteiger partial charge >= 0.3 is 0 Å². The van der Waals surface area contributed by atoms with E-state index in [9.17, 15) is 4.79 Å². The fraction of sp³-hybridized carbons (Fsp3) is 0.846. The first-order valence-electron chi connectivity index (χ1n) is 6.86. The number of carbonyl (C=O) groups is 1. The minimum Gasteiger partial charge on any atom is -0.357 e. The van der Waals surface area contributed by atoms with Gasteiger partial charge in [-0.25, -0.2) is 0 Å². The van der Waals surface area contributed by atoms with Crippen molar-refractivity contribution in [1.82, 2.24) is 9.80 Å². The van der Waals surface area contributed by atoms with E-state index in [2.05, 4.69) is 11.8 Å². The molecular weight excluding hydrogens is 264 g/mol. The molecule has 2 saturated heterocycles. The summed E-state index contributed by atoms with van der Waals surface area (Å²) in [5, 5.41) is 0. The van der Waals surface area contributed by atoms with Gasteiger partial charge in [-0.1, -0.05) is 30.9 Å². The third kappa shape index (κ3) is 3.85. The molecule has 5 heteroatoms. The molecule has 0 spiro atoms. The maximum atomic E-state index is 11.9. The van der Waals surface area contributed by atoms with Crippen LogP contribution in [0.2, 0.25) is 0 Å². The molecule has 0 N–H and O–H groups in total. The zero-order valence-corrected chi connectivity index (χ0v) is 12.7. The molecular formula is C13H22N2OS2. The first-order valence-corrected chi connectivity index (χ1v) is 8.25. The second-order valence-electron chi connectivity index (χ2n) is 5.31. The summed E-state index contributed by atoms with van der Waals surface area (Å²) in [4.78, 5) is 16.1. The number of thiocarbonyl (C=S) groups is 1. The molecule has 2 heterocycles. The summed E-state index contributed by atoms with van der Waals surface area (Å²) in [6.07, 6.45) is 4.76. The Morgan fingerprint density at radius 1 is 1.17 bits per heavy atom. The molecule has 0 bridgehead atoms. The van der Waals surface area contributed by atoms with Gasteiger partial charge in [0.1, 0.15) is 4.32 Å². The fourth-order valence-corrected chi connectivity index (χ4v) is 3.62. The van der Waals surface area contributed by atoms with E-state index in [1.807, 2.05) is 4.90 Å². The monoisotopic (exact) mass is 286 g/mol. The number of hydrogen-bond acceptors (Lipinski definition) is 3. The number of hydrogen-bond donors (Lipinski definition) is 0. The summed E-state index contributed by atoms with van der Waals surface area (Å²) >= 11 is 6.97. The standard InChI is InChI=1S/C13H22N2OS2/c1-11-4-8-15(9-5-11)13(17)18-10-12(16)14-6-2-3-7-14/h11H,2-10H2,1H3. The van der Waals surface area contributed by atoms with Crippen LogP contribution in [0.1, 0.15) is 32.6 Å². The zero-order valence-electron chi connectivity index (χ0n) is 11.1. The van der Waals surface area contributed by atoms with E-state index >= 15 is 0 Å². The third-order valence-electron chi connectivity index (χ3n) is 3.82. The molecule has 2 rings (SSSR count). The molecule has 0 aromatic rings. The molecule has 18 heavy (non-hydrogen) atoms. The number of rotatable bonds is 2. The lowest BCUT2D eigenvalue weighted by atomic mass is 10.00. The van der Waals surface area contributed by atoms with Crippen LogP contribution >= 0.6 is 24.0 Å². The van der Waals surface area contributed by atoms with Crippen LogP contribution in [0, 0.1) is 5.92 Å². The number of nitrogens with zero attached hydrogens (tertiary/aromatic N) is 2. The highest BCUT2D eigenvalue weighted by Gasteiger charge is 2.21. The summed E-state index contributed by atoms with van der Waals surface area (Å²) in [5.74, 6) is 1.59. The highest BCUT2D eigenvalue weighted by molar-refractivity contribution is 8.23. The van der Waals surface area contributed by atoms with E-state index in [1.54, 1.807) is 11.8 Å². The Kier molecular flexibility index (Phi) is 5.30. The summed E-state index contributed by atoms with van der Waals surface area (Å²) in [6.45, 7) is 6.29. The molecule has 1 amide bonds. The Bertz CT molecular complexity index is 308. The number of carbonyl (C=O) groups excluding carboxylic acids is 1. The molecule has 0 aromatic heterocycles. The van der Waals surface area contributed by atoms with Crippen LogP contribution in [0.5, 0.6) is 0 Å². The molecule has 2 fully saturated rings. The van der Waals surface area contributed by atoms with E-state index in [0.717, 1.165) is 49.3 Å². The first kappa shape index (κ1) is 14.1. The van der Waals surface area contributed by atoms with Crippen LogP contribution in [0.4, 0.5) is 0 Å². The number of piperidine rings is 1. The highest BCUT2D eigenvalue weighted by Crippen LogP contribution is 2.20. The smallest absolute Gasteiger partial charge is 0.233 e. The molecule has 0 radical (unpaired) electrons. The van der Waals surface area contributed by atoms with Crippen molar-refractivity contribution in [1.29, 1.82) is 0 Å². The van der Waals surface area contributed by atoms with Crippen molar-refractivity contribution in [2.24, 2.45) is 5.92 Å². The van der Waals surface area contributed by atoms with Crippen LogP contribution in [0.3, 0.4) is 0 Å². The van der Waals surface area contributed by atoms with Gasteiger partial charge in [-0.05, 0) is 31.6 Å². The molecule has 2 aliphatic heterocycles. The first-order chi connectivity index (χ1) is 8.66. The van der Waals surface area contributed by atoms with Crippen molar-refractivity contribution in [3.63, 3.8) is 0 Å². The molecule has 3 nitrogen and oxygen atoms in total. The average molecular weight is 286 g/mol. The van der Waals surface area contributed by atoms with Gasteiger partial charge in [0.15, 0.2) is 0 Å². The summed E-state index contributed by atoms with van der Waals surface area (Å²) in [7, 11) is 0. The quantitative estimate of drug-likeness (QED) is 0.727. The molecule has 0 saturated carbocycles. The summed E-state index contributed by atoms with van der Waals surface area (Å²) in [6, 6.07) is 0. The van der Waals surface area contributed by atoms with Crippen LogP contribution in [-0.2, 0) is 4.79 Å². The molecule has 0 aromatic carbocycles. The largest absolute Gasteiger partial charge is 0.357 e. The third-order valence-corrected chi connectivity index (χ3v) is 5.33. The van der Waals surface area contributed by atoms with Gasteiger partial charge in [0, 0.05) is 26.2 Å². The van der Waals surface area contributed by atoms with Gasteiger partial charge in [0.2, 0.25) is 5.91 Å². The lowest BCUT2D eigenvalue weighted by Gasteiger charge is -2.31. The Morgan fingerprint density at radius 2 is 1.78 bits per heavy atom. The molecule has 0 aliphatic carbocycles. The van der Waals surface area contributed by atoms with Crippen molar-refractivity contribution in [3.8, 4) is 0 Å². The van der Waals surface area contributed by atoms with E-state index in [4.69, 9.17) is 12.2 Å². The van der Waals surface area contributed by atoms with Crippen molar-refractivity contribution >= 4 is 34.2 Å². The topological polar surface area (TPSA) is 23.6 Å². The van der Waals surface area contributed by atoms with Crippen molar-refractivity contribution in [3.05, 3.63) is 0 Å². The second kappa shape index (κ2) is 6.75. The van der Waals surface area contributed by atoms with E-state index in [1.165, 1.54) is 12.8 Å². The van der Waals surface area contributed by atoms with Gasteiger partial charge < -0.3 is 9.80 Å². The lowest BCUT2D eigenvalue weighted by molar-refractivity contribution is -0.127. The van der Waals surface area contributed by atoms with Crippen molar-refractivity contribution < 1.29 is 4.79 Å². The maximum Gasteiger partial charge on any atom is 0.233 e. The van der Waals surface area contributed by atoms with Crippen LogP contribution in [-0.4, -0.2) is 52.0 Å². The summed E-state index contributed by atoms with van der Waals surface area (Å²) in [5.41, 5.74) is 0. The number of thioether (sulfide) groups is 1. The van der Waals surface area contributed by atoms with Crippen LogP contribution < -0.4 is 0 Å². The fourth-order valence-electron chi connectivity index (χ4n) is 2.46. The van der Waals surface area contributed by atoms with Crippen molar-refractivity contribution in [2.75, 3.05) is 31.9 Å². The molecule has 102 valence electrons.